The maximum Gasteiger partial charge on any atom is 0.342 e. The largest absolute Gasteiger partial charge is 0.378 e. The number of benzene rings is 1. The Morgan fingerprint density at radius 2 is 2.14 bits per heavy atom. The number of fused-ring (bicyclic) bond motifs is 1. The zero-order valence-electron chi connectivity index (χ0n) is 19.7. The molecule has 0 aliphatic carbocycles. The Kier molecular flexibility index (Phi) is 6.67. The fourth-order valence-corrected chi connectivity index (χ4v) is 3.85. The summed E-state index contributed by atoms with van der Waals surface area (Å²) in [7, 11) is 1.66. The summed E-state index contributed by atoms with van der Waals surface area (Å²) >= 11 is 0. The zero-order valence-corrected chi connectivity index (χ0v) is 19.7. The van der Waals surface area contributed by atoms with Gasteiger partial charge in [-0.05, 0) is 56.0 Å². The van der Waals surface area contributed by atoms with Crippen LogP contribution in [0.2, 0.25) is 0 Å². The van der Waals surface area contributed by atoms with Crippen LogP contribution in [0.15, 0.2) is 48.9 Å². The first-order valence-electron chi connectivity index (χ1n) is 11.2. The first kappa shape index (κ1) is 24.1. The molecule has 1 aromatic carbocycles. The lowest BCUT2D eigenvalue weighted by atomic mass is 10.0. The normalized spacial score (nSPS) is 15.6. The summed E-state index contributed by atoms with van der Waals surface area (Å²) in [6.07, 6.45) is 5.62. The van der Waals surface area contributed by atoms with Crippen molar-refractivity contribution in [2.24, 2.45) is 0 Å². The van der Waals surface area contributed by atoms with Gasteiger partial charge in [0.05, 0.1) is 6.20 Å². The molecule has 0 unspecified atom stereocenters. The van der Waals surface area contributed by atoms with Crippen LogP contribution in [0.5, 0.6) is 0 Å². The van der Waals surface area contributed by atoms with E-state index in [2.05, 4.69) is 27.2 Å². The molecule has 1 atom stereocenters. The number of anilines is 1. The van der Waals surface area contributed by atoms with Crippen LogP contribution in [0.4, 0.5) is 14.9 Å². The Morgan fingerprint density at radius 3 is 2.89 bits per heavy atom. The van der Waals surface area contributed by atoms with Gasteiger partial charge in [-0.3, -0.25) is 4.79 Å². The summed E-state index contributed by atoms with van der Waals surface area (Å²) in [6, 6.07) is 7.56. The topological polar surface area (TPSA) is 100 Å². The van der Waals surface area contributed by atoms with E-state index in [4.69, 9.17) is 0 Å². The van der Waals surface area contributed by atoms with E-state index in [1.54, 1.807) is 33.0 Å². The van der Waals surface area contributed by atoms with Gasteiger partial charge in [0.15, 0.2) is 0 Å². The lowest BCUT2D eigenvalue weighted by molar-refractivity contribution is -0.120. The number of nitrogens with one attached hydrogen (secondary N) is 1. The monoisotopic (exact) mass is 475 g/mol. The molecule has 4 rings (SSSR count). The van der Waals surface area contributed by atoms with Gasteiger partial charge >= 0.3 is 6.03 Å². The molecule has 0 spiro atoms. The van der Waals surface area contributed by atoms with E-state index in [0.29, 0.717) is 35.2 Å². The van der Waals surface area contributed by atoms with E-state index in [9.17, 15) is 19.1 Å². The molecule has 180 valence electrons. The minimum absolute atomic E-state index is 0.242. The highest BCUT2D eigenvalue weighted by atomic mass is 19.1. The maximum atomic E-state index is 13.8. The maximum absolute atomic E-state index is 13.8. The van der Waals surface area contributed by atoms with Gasteiger partial charge in [0.25, 0.3) is 0 Å². The van der Waals surface area contributed by atoms with E-state index in [1.807, 2.05) is 18.2 Å². The standard InChI is InChI=1S/C26H26FN5O3/c1-26(2,35)11-10-17-6-7-19-8-9-21(24(33)31(3)22(19)14-17)30-25(34)32-16-18(15-29-32)13-20-5-4-12-28-23(20)27/h4-7,12,14-16,21,35H,8-9,13H2,1-3H3,(H,30,34)/t21-/m1/s1. The van der Waals surface area contributed by atoms with Crippen molar-refractivity contribution in [3.63, 3.8) is 0 Å². The highest BCUT2D eigenvalue weighted by Crippen LogP contribution is 2.27. The summed E-state index contributed by atoms with van der Waals surface area (Å²) in [6.45, 7) is 3.21. The summed E-state index contributed by atoms with van der Waals surface area (Å²) < 4.78 is 14.9. The van der Waals surface area contributed by atoms with Crippen molar-refractivity contribution in [2.75, 3.05) is 11.9 Å². The highest BCUT2D eigenvalue weighted by molar-refractivity contribution is 6.00. The highest BCUT2D eigenvalue weighted by Gasteiger charge is 2.30. The molecule has 0 fully saturated rings. The third-order valence-electron chi connectivity index (χ3n) is 5.66. The number of carbonyl (C=O) groups is 2. The molecule has 9 heteroatoms. The number of rotatable bonds is 3. The Morgan fingerprint density at radius 1 is 1.34 bits per heavy atom. The van der Waals surface area contributed by atoms with Crippen LogP contribution in [0.3, 0.4) is 0 Å². The number of hydrogen-bond donors (Lipinski definition) is 2. The van der Waals surface area contributed by atoms with Gasteiger partial charge in [0, 0.05) is 42.7 Å². The van der Waals surface area contributed by atoms with Crippen LogP contribution in [0, 0.1) is 17.8 Å². The molecule has 3 aromatic rings. The molecule has 3 heterocycles. The Labute approximate surface area is 202 Å². The lowest BCUT2D eigenvalue weighted by Crippen LogP contribution is -2.48. The van der Waals surface area contributed by atoms with E-state index < -0.39 is 23.6 Å². The van der Waals surface area contributed by atoms with Gasteiger partial charge in [0.1, 0.15) is 11.6 Å². The van der Waals surface area contributed by atoms with Gasteiger partial charge in [-0.25, -0.2) is 9.78 Å². The van der Waals surface area contributed by atoms with Crippen molar-refractivity contribution in [1.29, 1.82) is 0 Å². The molecule has 1 aliphatic rings. The molecule has 35 heavy (non-hydrogen) atoms. The molecule has 0 saturated carbocycles. The van der Waals surface area contributed by atoms with Crippen LogP contribution < -0.4 is 10.2 Å². The van der Waals surface area contributed by atoms with Crippen molar-refractivity contribution < 1.29 is 19.1 Å². The van der Waals surface area contributed by atoms with Crippen molar-refractivity contribution >= 4 is 17.6 Å². The molecule has 0 saturated heterocycles. The number of pyridine rings is 1. The predicted molar refractivity (Wildman–Crippen MR) is 128 cm³/mol. The fraction of sp³-hybridized carbons (Fsp3) is 0.308. The number of hydrogen-bond acceptors (Lipinski definition) is 5. The van der Waals surface area contributed by atoms with Gasteiger partial charge < -0.3 is 15.3 Å². The van der Waals surface area contributed by atoms with Crippen LogP contribution in [-0.2, 0) is 17.6 Å². The van der Waals surface area contributed by atoms with E-state index in [1.165, 1.54) is 23.5 Å². The number of carbonyl (C=O) groups excluding carboxylic acids is 2. The molecule has 2 amide bonds. The van der Waals surface area contributed by atoms with Crippen molar-refractivity contribution in [1.82, 2.24) is 20.1 Å². The van der Waals surface area contributed by atoms with Gasteiger partial charge in [-0.15, -0.1) is 0 Å². The van der Waals surface area contributed by atoms with Gasteiger partial charge in [0.2, 0.25) is 11.9 Å². The third kappa shape index (κ3) is 5.73. The van der Waals surface area contributed by atoms with Gasteiger partial charge in [-0.1, -0.05) is 24.0 Å². The minimum atomic E-state index is -1.12. The first-order chi connectivity index (χ1) is 16.6. The molecular formula is C26H26FN5O3. The summed E-state index contributed by atoms with van der Waals surface area (Å²) in [5.41, 5.74) is 2.28. The number of nitrogens with zero attached hydrogens (tertiary/aromatic N) is 4. The molecule has 2 aromatic heterocycles. The molecule has 2 N–H and O–H groups in total. The second-order valence-electron chi connectivity index (χ2n) is 9.01. The van der Waals surface area contributed by atoms with E-state index in [-0.39, 0.29) is 12.3 Å². The fourth-order valence-electron chi connectivity index (χ4n) is 3.85. The minimum Gasteiger partial charge on any atom is -0.378 e. The summed E-state index contributed by atoms with van der Waals surface area (Å²) in [5, 5.41) is 16.7. The Bertz CT molecular complexity index is 1330. The number of likely N-dealkylation sites (N-methyl/N-ethyl adjacent to an activating group) is 1. The van der Waals surface area contributed by atoms with Crippen molar-refractivity contribution in [2.45, 2.75) is 44.8 Å². The third-order valence-corrected chi connectivity index (χ3v) is 5.66. The molecular weight excluding hydrogens is 449 g/mol. The first-order valence-corrected chi connectivity index (χ1v) is 11.2. The van der Waals surface area contributed by atoms with Crippen molar-refractivity contribution in [3.05, 3.63) is 77.1 Å². The Hall–Kier alpha value is -4.03. The second-order valence-corrected chi connectivity index (χ2v) is 9.01. The summed E-state index contributed by atoms with van der Waals surface area (Å²) in [4.78, 5) is 31.1. The predicted octanol–water partition coefficient (Wildman–Crippen LogP) is 2.67. The number of aryl methyl sites for hydroxylation is 1. The van der Waals surface area contributed by atoms with Crippen molar-refractivity contribution in [3.8, 4) is 11.8 Å². The smallest absolute Gasteiger partial charge is 0.342 e. The molecule has 0 bridgehead atoms. The second kappa shape index (κ2) is 9.68. The molecule has 8 nitrogen and oxygen atoms in total. The average Bonchev–Trinajstić information content (AvgIpc) is 3.25. The van der Waals surface area contributed by atoms with E-state index in [0.717, 1.165) is 10.2 Å². The average molecular weight is 476 g/mol. The van der Waals surface area contributed by atoms with Crippen LogP contribution >= 0.6 is 0 Å². The number of aliphatic hydroxyl groups is 1. The SMILES string of the molecule is CN1C(=O)[C@H](NC(=O)n2cc(Cc3cccnc3F)cn2)CCc2ccc(C#CC(C)(C)O)cc21. The van der Waals surface area contributed by atoms with Crippen LogP contribution in [0.25, 0.3) is 0 Å². The Balaban J connectivity index is 1.46. The lowest BCUT2D eigenvalue weighted by Gasteiger charge is -2.22. The zero-order chi connectivity index (χ0) is 25.2. The molecule has 1 aliphatic heterocycles. The van der Waals surface area contributed by atoms with Gasteiger partial charge in [-0.2, -0.15) is 14.2 Å². The number of halogens is 1. The summed E-state index contributed by atoms with van der Waals surface area (Å²) in [5.74, 6) is 4.88. The quantitative estimate of drug-likeness (QED) is 0.448. The number of amides is 2. The van der Waals surface area contributed by atoms with Crippen LogP contribution in [0.1, 0.15) is 42.5 Å². The van der Waals surface area contributed by atoms with Crippen LogP contribution in [-0.4, -0.2) is 50.5 Å². The number of aromatic nitrogens is 3. The molecule has 0 radical (unpaired) electrons. The van der Waals surface area contributed by atoms with E-state index >= 15 is 0 Å².